The summed E-state index contributed by atoms with van der Waals surface area (Å²) in [6.07, 6.45) is 0.542. The van der Waals surface area contributed by atoms with E-state index < -0.39 is 23.7 Å². The Bertz CT molecular complexity index is 1030. The Balaban J connectivity index is 2.43. The van der Waals surface area contributed by atoms with Crippen LogP contribution in [0.3, 0.4) is 0 Å². The fourth-order valence-electron chi connectivity index (χ4n) is 3.19. The van der Waals surface area contributed by atoms with Gasteiger partial charge in [-0.3, -0.25) is 4.79 Å². The van der Waals surface area contributed by atoms with Crippen LogP contribution in [0.1, 0.15) is 49.4 Å². The highest BCUT2D eigenvalue weighted by Crippen LogP contribution is 2.29. The summed E-state index contributed by atoms with van der Waals surface area (Å²) < 4.78 is 35.7. The van der Waals surface area contributed by atoms with Crippen LogP contribution < -0.4 is 10.5 Å². The second kappa shape index (κ2) is 11.4. The minimum Gasteiger partial charge on any atom is -0.512 e. The van der Waals surface area contributed by atoms with Crippen molar-refractivity contribution >= 4 is 11.5 Å². The van der Waals surface area contributed by atoms with Crippen molar-refractivity contribution in [3.05, 3.63) is 82.1 Å². The van der Waals surface area contributed by atoms with Gasteiger partial charge in [0, 0.05) is 35.2 Å². The van der Waals surface area contributed by atoms with Gasteiger partial charge in [0.05, 0.1) is 12.2 Å². The van der Waals surface area contributed by atoms with E-state index in [0.717, 1.165) is 11.6 Å². The SMILES string of the molecule is CC/C(O)=C(\C=C(/F)C(C)Oc1cc(CC)ccc1CC(=O)O)c1cccc(CN)c1F. The third-order valence-electron chi connectivity index (χ3n) is 5.09. The van der Waals surface area contributed by atoms with Crippen LogP contribution in [0.4, 0.5) is 8.78 Å². The standard InChI is InChI=1S/C25H29F2NO4/c1-4-16-9-10-17(12-24(30)31)23(11-16)32-15(3)21(26)13-20(22(29)5-2)19-8-6-7-18(14-28)25(19)27/h6-11,13,15,29H,4-5,12,14,28H2,1-3H3,(H,30,31)/b21-13-,22-20-. The van der Waals surface area contributed by atoms with Crippen molar-refractivity contribution in [2.75, 3.05) is 0 Å². The van der Waals surface area contributed by atoms with E-state index >= 15 is 4.39 Å². The van der Waals surface area contributed by atoms with Crippen LogP contribution >= 0.6 is 0 Å². The summed E-state index contributed by atoms with van der Waals surface area (Å²) in [7, 11) is 0. The van der Waals surface area contributed by atoms with E-state index in [1.165, 1.54) is 19.1 Å². The molecule has 0 aliphatic rings. The van der Waals surface area contributed by atoms with Gasteiger partial charge in [-0.1, -0.05) is 44.2 Å². The predicted molar refractivity (Wildman–Crippen MR) is 121 cm³/mol. The lowest BCUT2D eigenvalue weighted by Gasteiger charge is -2.18. The van der Waals surface area contributed by atoms with Gasteiger partial charge in [-0.25, -0.2) is 8.78 Å². The number of carboxylic acid groups (broad SMARTS) is 1. The van der Waals surface area contributed by atoms with Crippen LogP contribution in [-0.4, -0.2) is 22.3 Å². The van der Waals surface area contributed by atoms with Crippen molar-refractivity contribution in [2.24, 2.45) is 5.73 Å². The van der Waals surface area contributed by atoms with Crippen molar-refractivity contribution in [1.29, 1.82) is 0 Å². The first-order chi connectivity index (χ1) is 15.2. The molecule has 0 saturated carbocycles. The van der Waals surface area contributed by atoms with Gasteiger partial charge in [0.15, 0.2) is 0 Å². The zero-order valence-corrected chi connectivity index (χ0v) is 18.5. The molecule has 32 heavy (non-hydrogen) atoms. The van der Waals surface area contributed by atoms with Crippen LogP contribution in [0.5, 0.6) is 5.75 Å². The first-order valence-electron chi connectivity index (χ1n) is 10.5. The number of hydrogen-bond acceptors (Lipinski definition) is 4. The molecule has 0 spiro atoms. The summed E-state index contributed by atoms with van der Waals surface area (Å²) in [6.45, 7) is 5.03. The van der Waals surface area contributed by atoms with E-state index in [-0.39, 0.29) is 47.6 Å². The molecule has 2 aromatic rings. The molecule has 4 N–H and O–H groups in total. The van der Waals surface area contributed by atoms with E-state index in [2.05, 4.69) is 0 Å². The maximum Gasteiger partial charge on any atom is 0.307 e. The summed E-state index contributed by atoms with van der Waals surface area (Å²) in [6, 6.07) is 9.70. The maximum absolute atomic E-state index is 15.1. The number of rotatable bonds is 10. The Kier molecular flexibility index (Phi) is 8.96. The lowest BCUT2D eigenvalue weighted by molar-refractivity contribution is -0.136. The number of aliphatic hydroxyl groups is 1. The Hall–Kier alpha value is -3.19. The molecular weight excluding hydrogens is 416 g/mol. The molecule has 2 rings (SSSR count). The maximum atomic E-state index is 15.1. The summed E-state index contributed by atoms with van der Waals surface area (Å²) in [5.74, 6) is -2.32. The lowest BCUT2D eigenvalue weighted by atomic mass is 9.99. The number of benzene rings is 2. The highest BCUT2D eigenvalue weighted by Gasteiger charge is 2.19. The van der Waals surface area contributed by atoms with Gasteiger partial charge in [-0.15, -0.1) is 0 Å². The van der Waals surface area contributed by atoms with Crippen LogP contribution in [-0.2, 0) is 24.2 Å². The number of nitrogens with two attached hydrogens (primary N) is 1. The fourth-order valence-corrected chi connectivity index (χ4v) is 3.19. The molecule has 0 aromatic heterocycles. The molecular formula is C25H29F2NO4. The van der Waals surface area contributed by atoms with E-state index in [4.69, 9.17) is 15.6 Å². The van der Waals surface area contributed by atoms with Crippen molar-refractivity contribution < 1.29 is 28.5 Å². The van der Waals surface area contributed by atoms with Gasteiger partial charge >= 0.3 is 5.97 Å². The Morgan fingerprint density at radius 1 is 1.19 bits per heavy atom. The van der Waals surface area contributed by atoms with Gasteiger partial charge in [0.2, 0.25) is 0 Å². The molecule has 0 saturated heterocycles. The number of allylic oxidation sites excluding steroid dienone is 3. The molecule has 0 aliphatic heterocycles. The van der Waals surface area contributed by atoms with Gasteiger partial charge < -0.3 is 20.7 Å². The highest BCUT2D eigenvalue weighted by molar-refractivity contribution is 5.77. The third kappa shape index (κ3) is 6.17. The Morgan fingerprint density at radius 3 is 2.50 bits per heavy atom. The third-order valence-corrected chi connectivity index (χ3v) is 5.09. The zero-order chi connectivity index (χ0) is 23.8. The molecule has 0 bridgehead atoms. The van der Waals surface area contributed by atoms with E-state index in [1.807, 2.05) is 6.92 Å². The number of halogens is 2. The van der Waals surface area contributed by atoms with Crippen LogP contribution in [0, 0.1) is 5.82 Å². The van der Waals surface area contributed by atoms with Gasteiger partial charge in [0.1, 0.15) is 23.5 Å². The van der Waals surface area contributed by atoms with Gasteiger partial charge in [0.25, 0.3) is 0 Å². The zero-order valence-electron chi connectivity index (χ0n) is 18.5. The Labute approximate surface area is 186 Å². The number of aryl methyl sites for hydroxylation is 1. The summed E-state index contributed by atoms with van der Waals surface area (Å²) in [4.78, 5) is 11.2. The number of carbonyl (C=O) groups is 1. The Morgan fingerprint density at radius 2 is 1.91 bits per heavy atom. The molecule has 172 valence electrons. The average molecular weight is 446 g/mol. The van der Waals surface area contributed by atoms with Gasteiger partial charge in [-0.2, -0.15) is 0 Å². The molecule has 0 heterocycles. The van der Waals surface area contributed by atoms with Gasteiger partial charge in [-0.05, 0) is 31.1 Å². The van der Waals surface area contributed by atoms with E-state index in [0.29, 0.717) is 12.0 Å². The molecule has 1 atom stereocenters. The number of aliphatic carboxylic acids is 1. The highest BCUT2D eigenvalue weighted by atomic mass is 19.1. The molecule has 0 radical (unpaired) electrons. The molecule has 7 heteroatoms. The monoisotopic (exact) mass is 445 g/mol. The van der Waals surface area contributed by atoms with E-state index in [9.17, 15) is 14.3 Å². The van der Waals surface area contributed by atoms with Crippen molar-refractivity contribution in [2.45, 2.75) is 52.7 Å². The number of carboxylic acids is 1. The number of aliphatic hydroxyl groups excluding tert-OH is 1. The van der Waals surface area contributed by atoms with Crippen LogP contribution in [0.2, 0.25) is 0 Å². The molecule has 0 aliphatic carbocycles. The minimum absolute atomic E-state index is 0.00122. The number of ether oxygens (including phenoxy) is 1. The number of hydrogen-bond donors (Lipinski definition) is 3. The van der Waals surface area contributed by atoms with Crippen LogP contribution in [0.25, 0.3) is 5.57 Å². The quantitative estimate of drug-likeness (QED) is 0.333. The average Bonchev–Trinajstić information content (AvgIpc) is 2.77. The van der Waals surface area contributed by atoms with Crippen molar-refractivity contribution in [3.8, 4) is 5.75 Å². The lowest BCUT2D eigenvalue weighted by Crippen LogP contribution is -2.15. The fraction of sp³-hybridized carbons (Fsp3) is 0.320. The summed E-state index contributed by atoms with van der Waals surface area (Å²) in [5.41, 5.74) is 7.18. The molecule has 0 fully saturated rings. The first kappa shape index (κ1) is 25.1. The minimum atomic E-state index is -1.10. The topological polar surface area (TPSA) is 92.8 Å². The van der Waals surface area contributed by atoms with Crippen molar-refractivity contribution in [3.63, 3.8) is 0 Å². The molecule has 1 unspecified atom stereocenters. The summed E-state index contributed by atoms with van der Waals surface area (Å²) in [5, 5.41) is 19.5. The van der Waals surface area contributed by atoms with E-state index in [1.54, 1.807) is 31.2 Å². The molecule has 2 aromatic carbocycles. The largest absolute Gasteiger partial charge is 0.512 e. The summed E-state index contributed by atoms with van der Waals surface area (Å²) >= 11 is 0. The second-order valence-corrected chi connectivity index (χ2v) is 7.35. The molecule has 5 nitrogen and oxygen atoms in total. The van der Waals surface area contributed by atoms with Crippen LogP contribution in [0.15, 0.2) is 54.1 Å². The van der Waals surface area contributed by atoms with Crippen molar-refractivity contribution in [1.82, 2.24) is 0 Å². The normalized spacial score (nSPS) is 13.5. The first-order valence-corrected chi connectivity index (χ1v) is 10.5. The molecule has 0 amide bonds. The predicted octanol–water partition coefficient (Wildman–Crippen LogP) is 5.47. The smallest absolute Gasteiger partial charge is 0.307 e. The second-order valence-electron chi connectivity index (χ2n) is 7.35.